The molecule has 1 amide bonds. The number of nitrogens with zero attached hydrogens (tertiary/aromatic N) is 2. The zero-order valence-electron chi connectivity index (χ0n) is 23.0. The van der Waals surface area contributed by atoms with E-state index in [1.165, 1.54) is 31.3 Å². The Morgan fingerprint density at radius 1 is 0.923 bits per heavy atom. The number of Topliss-reactive ketones (excluding diaryl/α,β-unsaturated/α-hetero) is 1. The van der Waals surface area contributed by atoms with Gasteiger partial charge in [-0.3, -0.25) is 14.5 Å². The van der Waals surface area contributed by atoms with E-state index in [2.05, 4.69) is 18.7 Å². The summed E-state index contributed by atoms with van der Waals surface area (Å²) in [6, 6.07) is 15.5. The van der Waals surface area contributed by atoms with Crippen molar-refractivity contribution in [2.45, 2.75) is 33.7 Å². The van der Waals surface area contributed by atoms with E-state index in [0.29, 0.717) is 17.0 Å². The van der Waals surface area contributed by atoms with E-state index in [9.17, 15) is 14.7 Å². The molecule has 1 saturated heterocycles. The standard InChI is InChI=1S/C31H33ClN2O5/c1-7-33(8-2)21-13-10-20(11-14-21)28-27(29(35)23-16-26(39-6)24(32)17-25(23)38-5)30(36)31(37)34(28)22-12-9-18(3)19(4)15-22/h9-17,28,35H,7-8H2,1-6H3/b29-27+. The first-order valence-corrected chi connectivity index (χ1v) is 13.2. The molecule has 204 valence electrons. The van der Waals surface area contributed by atoms with Gasteiger partial charge in [0.25, 0.3) is 11.7 Å². The van der Waals surface area contributed by atoms with Crippen molar-refractivity contribution in [2.24, 2.45) is 0 Å². The number of hydrogen-bond acceptors (Lipinski definition) is 6. The topological polar surface area (TPSA) is 79.3 Å². The van der Waals surface area contributed by atoms with Gasteiger partial charge in [0.1, 0.15) is 17.3 Å². The minimum atomic E-state index is -0.871. The summed E-state index contributed by atoms with van der Waals surface area (Å²) in [5.41, 5.74) is 4.47. The largest absolute Gasteiger partial charge is 0.507 e. The van der Waals surface area contributed by atoms with E-state index >= 15 is 0 Å². The van der Waals surface area contributed by atoms with Crippen LogP contribution in [0.5, 0.6) is 11.5 Å². The summed E-state index contributed by atoms with van der Waals surface area (Å²) in [5.74, 6) is -1.35. The number of methoxy groups -OCH3 is 2. The smallest absolute Gasteiger partial charge is 0.300 e. The van der Waals surface area contributed by atoms with Gasteiger partial charge in [0.15, 0.2) is 0 Å². The molecule has 1 N–H and O–H groups in total. The summed E-state index contributed by atoms with van der Waals surface area (Å²) < 4.78 is 10.8. The SMILES string of the molecule is CCN(CC)c1ccc(C2/C(=C(\O)c3cc(OC)c(Cl)cc3OC)C(=O)C(=O)N2c2ccc(C)c(C)c2)cc1. The predicted octanol–water partition coefficient (Wildman–Crippen LogP) is 6.45. The molecule has 4 rings (SSSR count). The Kier molecular flexibility index (Phi) is 8.21. The van der Waals surface area contributed by atoms with Crippen molar-refractivity contribution in [3.63, 3.8) is 0 Å². The zero-order valence-corrected chi connectivity index (χ0v) is 23.8. The number of aliphatic hydroxyl groups excluding tert-OH is 1. The van der Waals surface area contributed by atoms with Crippen molar-refractivity contribution in [1.29, 1.82) is 0 Å². The monoisotopic (exact) mass is 548 g/mol. The second-order valence-electron chi connectivity index (χ2n) is 9.39. The number of amides is 1. The van der Waals surface area contributed by atoms with Crippen LogP contribution in [0.25, 0.3) is 5.76 Å². The molecule has 1 atom stereocenters. The first-order valence-electron chi connectivity index (χ1n) is 12.8. The number of ether oxygens (including phenoxy) is 2. The molecule has 7 nitrogen and oxygen atoms in total. The number of rotatable bonds is 8. The lowest BCUT2D eigenvalue weighted by atomic mass is 9.94. The van der Waals surface area contributed by atoms with E-state index < -0.39 is 17.7 Å². The number of ketones is 1. The maximum atomic E-state index is 13.6. The van der Waals surface area contributed by atoms with E-state index in [-0.39, 0.29) is 27.7 Å². The number of carbonyl (C=O) groups is 2. The summed E-state index contributed by atoms with van der Waals surface area (Å²) in [5, 5.41) is 11.9. The van der Waals surface area contributed by atoms with Crippen molar-refractivity contribution >= 4 is 40.4 Å². The Labute approximate surface area is 234 Å². The highest BCUT2D eigenvalue weighted by Crippen LogP contribution is 2.45. The summed E-state index contributed by atoms with van der Waals surface area (Å²) in [4.78, 5) is 30.8. The number of aryl methyl sites for hydroxylation is 2. The number of halogens is 1. The minimum absolute atomic E-state index is 0.0449. The van der Waals surface area contributed by atoms with Gasteiger partial charge < -0.3 is 19.5 Å². The Hall–Kier alpha value is -3.97. The number of anilines is 2. The van der Waals surface area contributed by atoms with Gasteiger partial charge in [-0.2, -0.15) is 0 Å². The Morgan fingerprint density at radius 2 is 1.56 bits per heavy atom. The number of hydrogen-bond donors (Lipinski definition) is 1. The van der Waals surface area contributed by atoms with Crippen molar-refractivity contribution in [2.75, 3.05) is 37.1 Å². The molecule has 0 spiro atoms. The van der Waals surface area contributed by atoms with Crippen molar-refractivity contribution in [1.82, 2.24) is 0 Å². The molecule has 0 saturated carbocycles. The highest BCUT2D eigenvalue weighted by atomic mass is 35.5. The molecule has 0 aliphatic carbocycles. The second-order valence-corrected chi connectivity index (χ2v) is 9.80. The van der Waals surface area contributed by atoms with Crippen LogP contribution >= 0.6 is 11.6 Å². The van der Waals surface area contributed by atoms with Crippen LogP contribution in [0.15, 0.2) is 60.2 Å². The van der Waals surface area contributed by atoms with Crippen LogP contribution in [0.1, 0.15) is 42.1 Å². The van der Waals surface area contributed by atoms with Crippen molar-refractivity contribution in [3.8, 4) is 11.5 Å². The zero-order chi connectivity index (χ0) is 28.4. The summed E-state index contributed by atoms with van der Waals surface area (Å²) >= 11 is 6.28. The lowest BCUT2D eigenvalue weighted by Crippen LogP contribution is -2.29. The molecule has 3 aromatic carbocycles. The van der Waals surface area contributed by atoms with E-state index in [4.69, 9.17) is 21.1 Å². The normalized spacial score (nSPS) is 16.5. The summed E-state index contributed by atoms with van der Waals surface area (Å²) in [6.07, 6.45) is 0. The molecule has 8 heteroatoms. The van der Waals surface area contributed by atoms with Crippen LogP contribution < -0.4 is 19.3 Å². The molecule has 39 heavy (non-hydrogen) atoms. The van der Waals surface area contributed by atoms with E-state index in [1.54, 1.807) is 0 Å². The Morgan fingerprint density at radius 3 is 2.13 bits per heavy atom. The maximum absolute atomic E-state index is 13.6. The van der Waals surface area contributed by atoms with Crippen molar-refractivity contribution < 1.29 is 24.2 Å². The first-order chi connectivity index (χ1) is 18.7. The average molecular weight is 549 g/mol. The lowest BCUT2D eigenvalue weighted by Gasteiger charge is -2.27. The van der Waals surface area contributed by atoms with Gasteiger partial charge >= 0.3 is 0 Å². The number of carbonyl (C=O) groups excluding carboxylic acids is 2. The van der Waals surface area contributed by atoms with Crippen molar-refractivity contribution in [3.05, 3.63) is 87.4 Å². The van der Waals surface area contributed by atoms with Crippen LogP contribution in [-0.4, -0.2) is 44.1 Å². The fourth-order valence-electron chi connectivity index (χ4n) is 4.94. The average Bonchev–Trinajstić information content (AvgIpc) is 3.20. The van der Waals surface area contributed by atoms with Gasteiger partial charge in [-0.05, 0) is 74.7 Å². The summed E-state index contributed by atoms with van der Waals surface area (Å²) in [6.45, 7) is 9.79. The third kappa shape index (κ3) is 5.06. The fourth-order valence-corrected chi connectivity index (χ4v) is 5.17. The molecular formula is C31H33ClN2O5. The molecule has 0 aromatic heterocycles. The highest BCUT2D eigenvalue weighted by molar-refractivity contribution is 6.51. The van der Waals surface area contributed by atoms with E-state index in [1.807, 2.05) is 56.3 Å². The quantitative estimate of drug-likeness (QED) is 0.198. The van der Waals surface area contributed by atoms with Gasteiger partial charge in [0, 0.05) is 30.5 Å². The third-order valence-electron chi connectivity index (χ3n) is 7.28. The van der Waals surface area contributed by atoms with Crippen LogP contribution in [0, 0.1) is 13.8 Å². The number of aliphatic hydroxyl groups is 1. The lowest BCUT2D eigenvalue weighted by molar-refractivity contribution is -0.132. The molecule has 3 aromatic rings. The van der Waals surface area contributed by atoms with Gasteiger partial charge in [-0.1, -0.05) is 29.8 Å². The highest BCUT2D eigenvalue weighted by Gasteiger charge is 2.47. The number of benzene rings is 3. The molecule has 1 aliphatic rings. The molecule has 0 bridgehead atoms. The van der Waals surface area contributed by atoms with Gasteiger partial charge in [-0.25, -0.2) is 0 Å². The van der Waals surface area contributed by atoms with Crippen LogP contribution in [0.4, 0.5) is 11.4 Å². The molecular weight excluding hydrogens is 516 g/mol. The van der Waals surface area contributed by atoms with E-state index in [0.717, 1.165) is 29.9 Å². The van der Waals surface area contributed by atoms with Gasteiger partial charge in [-0.15, -0.1) is 0 Å². The Balaban J connectivity index is 1.97. The third-order valence-corrected chi connectivity index (χ3v) is 7.57. The van der Waals surface area contributed by atoms with Crippen LogP contribution in [-0.2, 0) is 9.59 Å². The molecule has 1 unspecified atom stereocenters. The molecule has 1 fully saturated rings. The first kappa shape index (κ1) is 28.0. The summed E-state index contributed by atoms with van der Waals surface area (Å²) in [7, 11) is 2.89. The molecule has 1 heterocycles. The van der Waals surface area contributed by atoms with Crippen LogP contribution in [0.3, 0.4) is 0 Å². The maximum Gasteiger partial charge on any atom is 0.300 e. The fraction of sp³-hybridized carbons (Fsp3) is 0.290. The molecule has 1 aliphatic heterocycles. The second kappa shape index (κ2) is 11.4. The molecule has 0 radical (unpaired) electrons. The van der Waals surface area contributed by atoms with Gasteiger partial charge in [0.2, 0.25) is 0 Å². The predicted molar refractivity (Wildman–Crippen MR) is 155 cm³/mol. The van der Waals surface area contributed by atoms with Crippen LogP contribution in [0.2, 0.25) is 5.02 Å². The van der Waals surface area contributed by atoms with Gasteiger partial charge in [0.05, 0.1) is 36.4 Å². The minimum Gasteiger partial charge on any atom is -0.507 e. The Bertz CT molecular complexity index is 1440.